The van der Waals surface area contributed by atoms with Crippen molar-refractivity contribution in [3.8, 4) is 0 Å². The van der Waals surface area contributed by atoms with Crippen LogP contribution in [0.25, 0.3) is 0 Å². The number of halogens is 2. The number of carbonyl (C=O) groups is 3. The molecule has 1 heterocycles. The van der Waals surface area contributed by atoms with Crippen molar-refractivity contribution in [3.05, 3.63) is 6.61 Å². The van der Waals surface area contributed by atoms with Gasteiger partial charge in [0.1, 0.15) is 16.2 Å². The number of fused-ring (bicyclic) bond motifs is 1. The standard InChI is InChI=1S/C18H24F2NO8S.Rf/c1-5-10(22)29-14-9-6-8-11(15(23)21(13(8)14)17(2,3)4)12(9)16(24)28-7-18(19,20)30(25,26)27;/h7-9,11-14H,5-6H2,1-4H3,(H,25,26,27);/q-1;/p-1. The third kappa shape index (κ3) is 3.71. The van der Waals surface area contributed by atoms with E-state index < -0.39 is 69.4 Å². The molecule has 0 aromatic rings. The second-order valence-electron chi connectivity index (χ2n) is 8.86. The maximum absolute atomic E-state index is 13.4. The molecule has 13 heteroatoms. The van der Waals surface area contributed by atoms with E-state index in [1.807, 2.05) is 0 Å². The smallest absolute Gasteiger partial charge is 0.305 e. The maximum Gasteiger partial charge on any atom is 0.305 e. The van der Waals surface area contributed by atoms with Gasteiger partial charge in [-0.25, -0.2) is 17.2 Å². The molecule has 3 rings (SSSR count). The largest absolute Gasteiger partial charge is 0.746 e. The fourth-order valence-corrected chi connectivity index (χ4v) is 5.23. The normalized spacial score (nSPS) is 32.1. The van der Waals surface area contributed by atoms with Crippen molar-refractivity contribution in [2.45, 2.75) is 63.5 Å². The zero-order chi connectivity index (χ0) is 22.8. The molecule has 0 spiro atoms. The van der Waals surface area contributed by atoms with Crippen molar-refractivity contribution in [2.75, 3.05) is 0 Å². The number of carbonyl (C=O) groups excluding carboxylic acids is 3. The summed E-state index contributed by atoms with van der Waals surface area (Å²) in [5, 5.41) is -4.91. The van der Waals surface area contributed by atoms with Crippen LogP contribution in [0.3, 0.4) is 0 Å². The van der Waals surface area contributed by atoms with Gasteiger partial charge in [-0.1, -0.05) is 13.5 Å². The van der Waals surface area contributed by atoms with Gasteiger partial charge in [0.2, 0.25) is 5.91 Å². The van der Waals surface area contributed by atoms with Crippen LogP contribution in [0.15, 0.2) is 0 Å². The minimum atomic E-state index is -6.07. The Balaban J connectivity index is 0.00000341. The Morgan fingerprint density at radius 3 is 2.32 bits per heavy atom. The Morgan fingerprint density at radius 1 is 1.26 bits per heavy atom. The molecule has 6 atom stereocenters. The monoisotopic (exact) mass is 718 g/mol. The van der Waals surface area contributed by atoms with Gasteiger partial charge in [-0.05, 0) is 33.1 Å². The summed E-state index contributed by atoms with van der Waals surface area (Å²) in [5.74, 6) is -5.18. The van der Waals surface area contributed by atoms with Crippen LogP contribution < -0.4 is 0 Å². The molecule has 0 radical (unpaired) electrons. The minimum absolute atomic E-state index is 0. The van der Waals surface area contributed by atoms with Crippen LogP contribution in [0.5, 0.6) is 0 Å². The number of ether oxygens (including phenoxy) is 2. The summed E-state index contributed by atoms with van der Waals surface area (Å²) in [6.07, 6.45) is -0.388. The van der Waals surface area contributed by atoms with E-state index in [9.17, 15) is 36.1 Å². The molecule has 0 N–H and O–H groups in total. The van der Waals surface area contributed by atoms with Crippen LogP contribution in [-0.2, 0) is 34.0 Å². The fourth-order valence-electron chi connectivity index (χ4n) is 5.07. The Hall–Kier alpha value is -2.82. The van der Waals surface area contributed by atoms with Gasteiger partial charge in [0.25, 0.3) is 11.2 Å². The Kier molecular flexibility index (Phi) is 5.83. The molecular formula is C18H23F2NO8RfS-2. The zero-order valence-electron chi connectivity index (χ0n) is 17.5. The summed E-state index contributed by atoms with van der Waals surface area (Å²) >= 11 is 0. The first-order valence-corrected chi connectivity index (χ1v) is 10.9. The van der Waals surface area contributed by atoms with Crippen LogP contribution >= 0.6 is 0 Å². The predicted molar refractivity (Wildman–Crippen MR) is 94.2 cm³/mol. The van der Waals surface area contributed by atoms with Gasteiger partial charge >= 0.3 is 5.97 Å². The summed E-state index contributed by atoms with van der Waals surface area (Å²) in [7, 11) is -6.07. The molecule has 1 aliphatic heterocycles. The maximum atomic E-state index is 13.4. The number of hydrogen-bond acceptors (Lipinski definition) is 8. The number of esters is 2. The van der Waals surface area contributed by atoms with Gasteiger partial charge in [-0.15, -0.1) is 0 Å². The predicted octanol–water partition coefficient (Wildman–Crippen LogP) is 1.04. The molecule has 2 aliphatic carbocycles. The molecule has 2 saturated carbocycles. The summed E-state index contributed by atoms with van der Waals surface area (Å²) in [6.45, 7) is 6.36. The summed E-state index contributed by atoms with van der Waals surface area (Å²) in [4.78, 5) is 39.3. The average Bonchev–Trinajstić information content (AvgIpc) is 3.20. The first-order valence-electron chi connectivity index (χ1n) is 9.52. The zero-order valence-corrected chi connectivity index (χ0v) is 24.8. The van der Waals surface area contributed by atoms with E-state index in [0.717, 1.165) is 0 Å². The van der Waals surface area contributed by atoms with Crippen molar-refractivity contribution < 1.29 is 45.6 Å². The SMILES string of the molecule is CCC(=O)OC1C2CC3C(C(=O)N(C(C)(C)C)C31)C2C(=O)O[CH-]C(F)(F)S(=O)(=O)[O-].[Rf]. The molecule has 172 valence electrons. The number of likely N-dealkylation sites (tertiary alicyclic amines) is 1. The second-order valence-corrected chi connectivity index (χ2v) is 10.3. The van der Waals surface area contributed by atoms with Crippen molar-refractivity contribution in [1.82, 2.24) is 4.90 Å². The molecule has 9 nitrogen and oxygen atoms in total. The topological polar surface area (TPSA) is 130 Å². The molecule has 2 bridgehead atoms. The first kappa shape index (κ1) is 24.4. The Labute approximate surface area is 172 Å². The van der Waals surface area contributed by atoms with Gasteiger partial charge < -0.3 is 18.9 Å². The molecule has 0 aromatic carbocycles. The van der Waals surface area contributed by atoms with Crippen molar-refractivity contribution in [1.29, 1.82) is 0 Å². The van der Waals surface area contributed by atoms with Crippen LogP contribution in [-0.4, -0.2) is 58.7 Å². The number of alkyl halides is 2. The van der Waals surface area contributed by atoms with Crippen LogP contribution in [0.2, 0.25) is 0 Å². The van der Waals surface area contributed by atoms with Gasteiger partial charge in [-0.2, -0.15) is 0 Å². The van der Waals surface area contributed by atoms with Gasteiger partial charge in [0.05, 0.1) is 17.9 Å². The summed E-state index contributed by atoms with van der Waals surface area (Å²) < 4.78 is 68.4. The van der Waals surface area contributed by atoms with E-state index in [4.69, 9.17) is 4.74 Å². The molecule has 31 heavy (non-hydrogen) atoms. The van der Waals surface area contributed by atoms with Crippen LogP contribution in [0, 0.1) is 30.3 Å². The molecular weight excluding hydrogens is 695 g/mol. The summed E-state index contributed by atoms with van der Waals surface area (Å²) in [5.41, 5.74) is -0.644. The van der Waals surface area contributed by atoms with E-state index in [2.05, 4.69) is 4.74 Å². The second kappa shape index (κ2) is 7.40. The van der Waals surface area contributed by atoms with Gasteiger partial charge in [-0.3, -0.25) is 14.4 Å². The Bertz CT molecular complexity index is 874. The third-order valence-electron chi connectivity index (χ3n) is 6.07. The average molecular weight is 718 g/mol. The number of nitrogens with zero attached hydrogens (tertiary/aromatic N) is 1. The van der Waals surface area contributed by atoms with Gasteiger partial charge in [0.15, 0.2) is 0 Å². The molecule has 1 amide bonds. The number of amides is 1. The minimum Gasteiger partial charge on any atom is -0.746 e. The summed E-state index contributed by atoms with van der Waals surface area (Å²) in [6, 6.07) is -0.445. The van der Waals surface area contributed by atoms with E-state index >= 15 is 0 Å². The number of rotatable bonds is 6. The van der Waals surface area contributed by atoms with Crippen molar-refractivity contribution in [3.63, 3.8) is 0 Å². The molecule has 1 saturated heterocycles. The van der Waals surface area contributed by atoms with E-state index in [1.54, 1.807) is 32.6 Å². The van der Waals surface area contributed by atoms with Crippen LogP contribution in [0.1, 0.15) is 40.5 Å². The molecule has 3 aliphatic rings. The third-order valence-corrected chi connectivity index (χ3v) is 6.83. The quantitative estimate of drug-likeness (QED) is 0.227. The molecule has 0 aromatic heterocycles. The fraction of sp³-hybridized carbons (Fsp3) is 0.778. The number of hydrogen-bond donors (Lipinski definition) is 0. The van der Waals surface area contributed by atoms with Crippen LogP contribution in [0.4, 0.5) is 8.78 Å². The Morgan fingerprint density at radius 2 is 1.84 bits per heavy atom. The van der Waals surface area contributed by atoms with Crippen molar-refractivity contribution >= 4 is 28.0 Å². The van der Waals surface area contributed by atoms with E-state index in [1.165, 1.54) is 0 Å². The van der Waals surface area contributed by atoms with Gasteiger partial charge in [0, 0.05) is 17.9 Å². The molecule has 3 fully saturated rings. The van der Waals surface area contributed by atoms with E-state index in [-0.39, 0.29) is 18.2 Å². The van der Waals surface area contributed by atoms with E-state index in [0.29, 0.717) is 6.42 Å². The first-order chi connectivity index (χ1) is 13.6. The molecule has 6 unspecified atom stereocenters. The van der Waals surface area contributed by atoms with Crippen molar-refractivity contribution in [2.24, 2.45) is 23.7 Å².